The lowest BCUT2D eigenvalue weighted by Crippen LogP contribution is -2.32. The van der Waals surface area contributed by atoms with Crippen LogP contribution >= 0.6 is 0 Å². The molecule has 0 aliphatic heterocycles. The molecule has 0 bridgehead atoms. The van der Waals surface area contributed by atoms with Gasteiger partial charge in [-0.05, 0) is 25.0 Å². The average Bonchev–Trinajstić information content (AvgIpc) is 2.38. The lowest BCUT2D eigenvalue weighted by atomic mass is 9.90. The normalized spacial score (nSPS) is 11.8. The first-order chi connectivity index (χ1) is 9.20. The fourth-order valence-corrected chi connectivity index (χ4v) is 2.23. The van der Waals surface area contributed by atoms with E-state index in [0.717, 1.165) is 24.4 Å². The van der Waals surface area contributed by atoms with Crippen LogP contribution in [0.2, 0.25) is 0 Å². The van der Waals surface area contributed by atoms with Crippen LogP contribution in [0, 0.1) is 0 Å². The fourth-order valence-electron chi connectivity index (χ4n) is 2.23. The number of carbonyl (C=O) groups is 1. The van der Waals surface area contributed by atoms with Crippen molar-refractivity contribution in [1.82, 2.24) is 4.98 Å². The molecular formula is C16H26N2O2. The van der Waals surface area contributed by atoms with Crippen molar-refractivity contribution in [2.24, 2.45) is 0 Å². The van der Waals surface area contributed by atoms with Gasteiger partial charge in [0.2, 0.25) is 0 Å². The van der Waals surface area contributed by atoms with Crippen LogP contribution in [0.15, 0.2) is 12.1 Å². The van der Waals surface area contributed by atoms with Gasteiger partial charge in [0.05, 0.1) is 5.56 Å². The molecule has 0 atom stereocenters. The minimum atomic E-state index is -0.905. The maximum absolute atomic E-state index is 11.3. The lowest BCUT2D eigenvalue weighted by molar-refractivity contribution is 0.0696. The lowest BCUT2D eigenvalue weighted by Gasteiger charge is -2.29. The summed E-state index contributed by atoms with van der Waals surface area (Å²) in [6.07, 6.45) is 2.02. The zero-order valence-corrected chi connectivity index (χ0v) is 13.4. The molecule has 1 N–H and O–H groups in total. The van der Waals surface area contributed by atoms with Crippen LogP contribution in [0.1, 0.15) is 63.5 Å². The van der Waals surface area contributed by atoms with Crippen molar-refractivity contribution in [3.05, 3.63) is 23.4 Å². The van der Waals surface area contributed by atoms with Gasteiger partial charge in [-0.15, -0.1) is 0 Å². The molecule has 4 nitrogen and oxygen atoms in total. The molecular weight excluding hydrogens is 252 g/mol. The number of nitrogens with zero attached hydrogens (tertiary/aromatic N) is 2. The Bertz CT molecular complexity index is 474. The van der Waals surface area contributed by atoms with Crippen molar-refractivity contribution >= 4 is 11.8 Å². The minimum absolute atomic E-state index is 0.172. The van der Waals surface area contributed by atoms with Gasteiger partial charge in [0.15, 0.2) is 0 Å². The third-order valence-corrected chi connectivity index (χ3v) is 3.68. The van der Waals surface area contributed by atoms with Crippen molar-refractivity contribution in [2.45, 2.75) is 58.9 Å². The van der Waals surface area contributed by atoms with Crippen molar-refractivity contribution in [3.63, 3.8) is 0 Å². The minimum Gasteiger partial charge on any atom is -0.478 e. The Hall–Kier alpha value is -1.58. The second-order valence-electron chi connectivity index (χ2n) is 6.24. The topological polar surface area (TPSA) is 53.4 Å². The maximum Gasteiger partial charge on any atom is 0.335 e. The number of anilines is 1. The molecule has 0 aromatic carbocycles. The molecule has 0 aliphatic rings. The number of hydrogen-bond acceptors (Lipinski definition) is 3. The van der Waals surface area contributed by atoms with Crippen LogP contribution < -0.4 is 4.90 Å². The first-order valence-electron chi connectivity index (χ1n) is 7.19. The Morgan fingerprint density at radius 3 is 2.25 bits per heavy atom. The second kappa shape index (κ2) is 6.25. The molecule has 1 rings (SSSR count). The molecule has 0 unspecified atom stereocenters. The highest BCUT2D eigenvalue weighted by atomic mass is 16.4. The van der Waals surface area contributed by atoms with E-state index in [1.807, 2.05) is 27.8 Å². The molecule has 0 spiro atoms. The van der Waals surface area contributed by atoms with E-state index in [4.69, 9.17) is 0 Å². The van der Waals surface area contributed by atoms with Crippen LogP contribution in [0.3, 0.4) is 0 Å². The van der Waals surface area contributed by atoms with Crippen LogP contribution in [0.4, 0.5) is 5.82 Å². The zero-order valence-electron chi connectivity index (χ0n) is 13.4. The van der Waals surface area contributed by atoms with Crippen molar-refractivity contribution in [3.8, 4) is 0 Å². The highest BCUT2D eigenvalue weighted by Gasteiger charge is 2.21. The molecule has 0 amide bonds. The first-order valence-corrected chi connectivity index (χ1v) is 7.19. The third-order valence-electron chi connectivity index (χ3n) is 3.68. The van der Waals surface area contributed by atoms with Gasteiger partial charge in [0, 0.05) is 24.2 Å². The van der Waals surface area contributed by atoms with Gasteiger partial charge in [-0.2, -0.15) is 0 Å². The number of hydrogen-bond donors (Lipinski definition) is 1. The number of rotatable bonds is 5. The largest absolute Gasteiger partial charge is 0.478 e. The van der Waals surface area contributed by atoms with Gasteiger partial charge in [-0.1, -0.05) is 34.6 Å². The molecule has 112 valence electrons. The number of aromatic nitrogens is 1. The van der Waals surface area contributed by atoms with E-state index in [9.17, 15) is 9.90 Å². The summed E-state index contributed by atoms with van der Waals surface area (Å²) in [5.74, 6) is -0.166. The molecule has 0 aliphatic carbocycles. The summed E-state index contributed by atoms with van der Waals surface area (Å²) in [7, 11) is 1.98. The standard InChI is InChI=1S/C16H26N2O2/c1-7-12(8-2)18(6)14-10-11(15(19)20)9-13(17-14)16(3,4)5/h9-10,12H,7-8H2,1-6H3,(H,19,20). The van der Waals surface area contributed by atoms with E-state index < -0.39 is 5.97 Å². The maximum atomic E-state index is 11.3. The summed E-state index contributed by atoms with van der Waals surface area (Å²) in [5, 5.41) is 9.29. The molecule has 1 aromatic heterocycles. The quantitative estimate of drug-likeness (QED) is 0.892. The van der Waals surface area contributed by atoms with Gasteiger partial charge in [-0.3, -0.25) is 0 Å². The average molecular weight is 278 g/mol. The van der Waals surface area contributed by atoms with Crippen LogP contribution in [0.5, 0.6) is 0 Å². The summed E-state index contributed by atoms with van der Waals surface area (Å²) < 4.78 is 0. The van der Waals surface area contributed by atoms with Crippen LogP contribution in [-0.4, -0.2) is 29.1 Å². The van der Waals surface area contributed by atoms with E-state index >= 15 is 0 Å². The molecule has 0 fully saturated rings. The number of aromatic carboxylic acids is 1. The summed E-state index contributed by atoms with van der Waals surface area (Å²) >= 11 is 0. The smallest absolute Gasteiger partial charge is 0.335 e. The Kier molecular flexibility index (Phi) is 5.15. The molecule has 0 saturated carbocycles. The summed E-state index contributed by atoms with van der Waals surface area (Å²) in [6.45, 7) is 10.4. The van der Waals surface area contributed by atoms with Gasteiger partial charge in [0.1, 0.15) is 5.82 Å². The van der Waals surface area contributed by atoms with E-state index in [1.54, 1.807) is 12.1 Å². The SMILES string of the molecule is CCC(CC)N(C)c1cc(C(=O)O)cc(C(C)(C)C)n1. The highest BCUT2D eigenvalue weighted by Crippen LogP contribution is 2.26. The van der Waals surface area contributed by atoms with Crippen molar-refractivity contribution < 1.29 is 9.90 Å². The van der Waals surface area contributed by atoms with Gasteiger partial charge < -0.3 is 10.0 Å². The molecule has 4 heteroatoms. The van der Waals surface area contributed by atoms with E-state index in [0.29, 0.717) is 11.6 Å². The van der Waals surface area contributed by atoms with E-state index in [2.05, 4.69) is 23.7 Å². The predicted octanol–water partition coefficient (Wildman–Crippen LogP) is 3.70. The second-order valence-corrected chi connectivity index (χ2v) is 6.24. The Balaban J connectivity index is 3.32. The number of pyridine rings is 1. The monoisotopic (exact) mass is 278 g/mol. The Morgan fingerprint density at radius 1 is 1.30 bits per heavy atom. The molecule has 1 heterocycles. The first kappa shape index (κ1) is 16.5. The van der Waals surface area contributed by atoms with Crippen LogP contribution in [-0.2, 0) is 5.41 Å². The Labute approximate surface area is 121 Å². The summed E-state index contributed by atoms with van der Waals surface area (Å²) in [5.41, 5.74) is 0.942. The van der Waals surface area contributed by atoms with E-state index in [-0.39, 0.29) is 5.41 Å². The van der Waals surface area contributed by atoms with Crippen molar-refractivity contribution in [2.75, 3.05) is 11.9 Å². The molecule has 20 heavy (non-hydrogen) atoms. The predicted molar refractivity (Wildman–Crippen MR) is 82.7 cm³/mol. The fraction of sp³-hybridized carbons (Fsp3) is 0.625. The Morgan fingerprint density at radius 2 is 1.85 bits per heavy atom. The molecule has 0 radical (unpaired) electrons. The summed E-state index contributed by atoms with van der Waals surface area (Å²) in [6, 6.07) is 3.71. The van der Waals surface area contributed by atoms with Gasteiger partial charge >= 0.3 is 5.97 Å². The molecule has 0 saturated heterocycles. The van der Waals surface area contributed by atoms with Gasteiger partial charge in [0.25, 0.3) is 0 Å². The number of carboxylic acids is 1. The van der Waals surface area contributed by atoms with Gasteiger partial charge in [-0.25, -0.2) is 9.78 Å². The van der Waals surface area contributed by atoms with E-state index in [1.165, 1.54) is 0 Å². The number of carboxylic acid groups (broad SMARTS) is 1. The third kappa shape index (κ3) is 3.71. The highest BCUT2D eigenvalue weighted by molar-refractivity contribution is 5.88. The zero-order chi connectivity index (χ0) is 15.5. The van der Waals surface area contributed by atoms with Crippen LogP contribution in [0.25, 0.3) is 0 Å². The summed E-state index contributed by atoms with van der Waals surface area (Å²) in [4.78, 5) is 18.1. The van der Waals surface area contributed by atoms with Crippen molar-refractivity contribution in [1.29, 1.82) is 0 Å². The molecule has 1 aromatic rings.